The average Bonchev–Trinajstić information content (AvgIpc) is 2.77. The van der Waals surface area contributed by atoms with E-state index in [1.165, 1.54) is 11.5 Å². The van der Waals surface area contributed by atoms with E-state index in [0.29, 0.717) is 11.0 Å². The number of amides is 1. The van der Waals surface area contributed by atoms with Crippen LogP contribution in [-0.4, -0.2) is 21.8 Å². The van der Waals surface area contributed by atoms with E-state index in [1.54, 1.807) is 6.92 Å². The van der Waals surface area contributed by atoms with Crippen LogP contribution in [0.25, 0.3) is 0 Å². The number of anilines is 1. The number of benzene rings is 1. The smallest absolute Gasteiger partial charge is 0.235 e. The molecule has 1 unspecified atom stereocenters. The van der Waals surface area contributed by atoms with Gasteiger partial charge in [0.2, 0.25) is 11.0 Å². The third-order valence-corrected chi connectivity index (χ3v) is 3.23. The molecule has 2 aromatic rings. The average molecular weight is 262 g/mol. The lowest BCUT2D eigenvalue weighted by atomic mass is 9.99. The fourth-order valence-corrected chi connectivity index (χ4v) is 2.20. The van der Waals surface area contributed by atoms with Crippen molar-refractivity contribution in [3.8, 4) is 0 Å². The zero-order chi connectivity index (χ0) is 13.0. The van der Waals surface area contributed by atoms with Crippen molar-refractivity contribution in [2.24, 2.45) is 5.73 Å². The Morgan fingerprint density at radius 2 is 2.17 bits per heavy atom. The first-order valence-corrected chi connectivity index (χ1v) is 6.34. The van der Waals surface area contributed by atoms with Crippen molar-refractivity contribution in [2.45, 2.75) is 12.8 Å². The predicted molar refractivity (Wildman–Crippen MR) is 71.5 cm³/mol. The zero-order valence-electron chi connectivity index (χ0n) is 9.96. The Labute approximate surface area is 109 Å². The molecule has 1 atom stereocenters. The maximum atomic E-state index is 12.1. The van der Waals surface area contributed by atoms with Gasteiger partial charge in [-0.15, -0.1) is 0 Å². The van der Waals surface area contributed by atoms with Crippen molar-refractivity contribution in [1.82, 2.24) is 9.36 Å². The number of carbonyl (C=O) groups is 1. The number of nitrogens with zero attached hydrogens (tertiary/aromatic N) is 2. The Hall–Kier alpha value is -1.79. The second kappa shape index (κ2) is 5.70. The van der Waals surface area contributed by atoms with E-state index in [0.717, 1.165) is 5.56 Å². The minimum absolute atomic E-state index is 0.153. The number of hydrogen-bond acceptors (Lipinski definition) is 5. The van der Waals surface area contributed by atoms with Gasteiger partial charge >= 0.3 is 0 Å². The standard InChI is InChI=1S/C12H14N4OS/c1-8-14-12(18-16-8)15-11(17)10(7-13)9-5-3-2-4-6-9/h2-6,10H,7,13H2,1H3,(H,14,15,16,17). The van der Waals surface area contributed by atoms with Gasteiger partial charge in [-0.1, -0.05) is 30.3 Å². The summed E-state index contributed by atoms with van der Waals surface area (Å²) in [5, 5.41) is 3.24. The Morgan fingerprint density at radius 3 is 2.72 bits per heavy atom. The van der Waals surface area contributed by atoms with Crippen LogP contribution < -0.4 is 11.1 Å². The summed E-state index contributed by atoms with van der Waals surface area (Å²) in [4.78, 5) is 16.2. The van der Waals surface area contributed by atoms with Crippen molar-refractivity contribution < 1.29 is 4.79 Å². The molecule has 94 valence electrons. The fraction of sp³-hybridized carbons (Fsp3) is 0.250. The molecule has 0 spiro atoms. The second-order valence-electron chi connectivity index (χ2n) is 3.83. The second-order valence-corrected chi connectivity index (χ2v) is 4.59. The third kappa shape index (κ3) is 2.91. The molecule has 2 rings (SSSR count). The summed E-state index contributed by atoms with van der Waals surface area (Å²) in [6.45, 7) is 2.04. The number of aromatic nitrogens is 2. The van der Waals surface area contributed by atoms with Crippen LogP contribution in [0.3, 0.4) is 0 Å². The van der Waals surface area contributed by atoms with Gasteiger partial charge in [-0.25, -0.2) is 4.98 Å². The summed E-state index contributed by atoms with van der Waals surface area (Å²) >= 11 is 1.17. The van der Waals surface area contributed by atoms with Gasteiger partial charge in [0.15, 0.2) is 0 Å². The number of aryl methyl sites for hydroxylation is 1. The quantitative estimate of drug-likeness (QED) is 0.875. The molecule has 0 aliphatic rings. The lowest BCUT2D eigenvalue weighted by Gasteiger charge is -2.13. The largest absolute Gasteiger partial charge is 0.329 e. The molecule has 6 heteroatoms. The number of rotatable bonds is 4. The summed E-state index contributed by atoms with van der Waals surface area (Å²) in [5.74, 6) is 0.134. The van der Waals surface area contributed by atoms with E-state index in [9.17, 15) is 4.79 Å². The lowest BCUT2D eigenvalue weighted by Crippen LogP contribution is -2.27. The monoisotopic (exact) mass is 262 g/mol. The van der Waals surface area contributed by atoms with E-state index in [1.807, 2.05) is 30.3 Å². The molecule has 0 aliphatic heterocycles. The van der Waals surface area contributed by atoms with Gasteiger partial charge in [0.1, 0.15) is 5.82 Å². The highest BCUT2D eigenvalue weighted by atomic mass is 32.1. The Balaban J connectivity index is 2.11. The van der Waals surface area contributed by atoms with Crippen molar-refractivity contribution in [3.05, 3.63) is 41.7 Å². The van der Waals surface area contributed by atoms with Gasteiger partial charge in [0.05, 0.1) is 5.92 Å². The van der Waals surface area contributed by atoms with Crippen LogP contribution in [0.2, 0.25) is 0 Å². The van der Waals surface area contributed by atoms with Gasteiger partial charge in [-0.3, -0.25) is 4.79 Å². The molecule has 0 saturated carbocycles. The summed E-state index contributed by atoms with van der Waals surface area (Å²) in [6, 6.07) is 9.47. The van der Waals surface area contributed by atoms with Gasteiger partial charge in [0, 0.05) is 18.1 Å². The first-order chi connectivity index (χ1) is 8.70. The Kier molecular flexibility index (Phi) is 4.01. The van der Waals surface area contributed by atoms with E-state index >= 15 is 0 Å². The fourth-order valence-electron chi connectivity index (χ4n) is 1.62. The Morgan fingerprint density at radius 1 is 1.44 bits per heavy atom. The zero-order valence-corrected chi connectivity index (χ0v) is 10.8. The van der Waals surface area contributed by atoms with Crippen molar-refractivity contribution in [3.63, 3.8) is 0 Å². The first-order valence-electron chi connectivity index (χ1n) is 5.57. The van der Waals surface area contributed by atoms with E-state index < -0.39 is 0 Å². The van der Waals surface area contributed by atoms with Crippen LogP contribution in [0.5, 0.6) is 0 Å². The van der Waals surface area contributed by atoms with Crippen LogP contribution >= 0.6 is 11.5 Å². The molecule has 0 fully saturated rings. The molecule has 18 heavy (non-hydrogen) atoms. The molecule has 5 nitrogen and oxygen atoms in total. The van der Waals surface area contributed by atoms with Crippen LogP contribution in [0.1, 0.15) is 17.3 Å². The SMILES string of the molecule is Cc1nsc(NC(=O)C(CN)c2ccccc2)n1. The molecule has 1 amide bonds. The van der Waals surface area contributed by atoms with Crippen molar-refractivity contribution >= 4 is 22.6 Å². The molecule has 0 aliphatic carbocycles. The maximum Gasteiger partial charge on any atom is 0.235 e. The minimum atomic E-state index is -0.365. The first kappa shape index (κ1) is 12.7. The molecule has 3 N–H and O–H groups in total. The van der Waals surface area contributed by atoms with E-state index in [-0.39, 0.29) is 18.4 Å². The third-order valence-electron chi connectivity index (χ3n) is 2.51. The van der Waals surface area contributed by atoms with Crippen molar-refractivity contribution in [1.29, 1.82) is 0 Å². The molecule has 0 saturated heterocycles. The normalized spacial score (nSPS) is 12.1. The number of carbonyl (C=O) groups excluding carboxylic acids is 1. The number of nitrogens with two attached hydrogens (primary N) is 1. The molecule has 1 aromatic heterocycles. The number of nitrogens with one attached hydrogen (secondary N) is 1. The van der Waals surface area contributed by atoms with Crippen LogP contribution in [0, 0.1) is 6.92 Å². The summed E-state index contributed by atoms with van der Waals surface area (Å²) < 4.78 is 4.01. The maximum absolute atomic E-state index is 12.1. The van der Waals surface area contributed by atoms with E-state index in [4.69, 9.17) is 5.73 Å². The van der Waals surface area contributed by atoms with Crippen LogP contribution in [0.15, 0.2) is 30.3 Å². The summed E-state index contributed by atoms with van der Waals surface area (Å²) in [7, 11) is 0. The lowest BCUT2D eigenvalue weighted by molar-refractivity contribution is -0.117. The van der Waals surface area contributed by atoms with Gasteiger partial charge in [-0.2, -0.15) is 4.37 Å². The van der Waals surface area contributed by atoms with Crippen LogP contribution in [0.4, 0.5) is 5.13 Å². The predicted octanol–water partition coefficient (Wildman–Crippen LogP) is 1.53. The minimum Gasteiger partial charge on any atom is -0.329 e. The highest BCUT2D eigenvalue weighted by Crippen LogP contribution is 2.18. The highest BCUT2D eigenvalue weighted by molar-refractivity contribution is 7.09. The number of hydrogen-bond donors (Lipinski definition) is 2. The van der Waals surface area contributed by atoms with Gasteiger partial charge < -0.3 is 11.1 Å². The molecule has 1 heterocycles. The molecule has 0 radical (unpaired) electrons. The van der Waals surface area contributed by atoms with Crippen molar-refractivity contribution in [2.75, 3.05) is 11.9 Å². The summed E-state index contributed by atoms with van der Waals surface area (Å²) in [5.41, 5.74) is 6.57. The molecular formula is C12H14N4OS. The summed E-state index contributed by atoms with van der Waals surface area (Å²) in [6.07, 6.45) is 0. The van der Waals surface area contributed by atoms with E-state index in [2.05, 4.69) is 14.7 Å². The molecule has 0 bridgehead atoms. The van der Waals surface area contributed by atoms with Gasteiger partial charge in [-0.05, 0) is 12.5 Å². The highest BCUT2D eigenvalue weighted by Gasteiger charge is 2.19. The molecule has 1 aromatic carbocycles. The topological polar surface area (TPSA) is 80.9 Å². The molecular weight excluding hydrogens is 248 g/mol. The van der Waals surface area contributed by atoms with Gasteiger partial charge in [0.25, 0.3) is 0 Å². The van der Waals surface area contributed by atoms with Crippen LogP contribution in [-0.2, 0) is 4.79 Å². The Bertz CT molecular complexity index is 526.